The molecule has 1 aliphatic heterocycles. The summed E-state index contributed by atoms with van der Waals surface area (Å²) in [7, 11) is 5.21. The largest absolute Gasteiger partial charge is 0.493 e. The van der Waals surface area contributed by atoms with Gasteiger partial charge in [0.15, 0.2) is 11.5 Å². The van der Waals surface area contributed by atoms with Gasteiger partial charge in [0.25, 0.3) is 5.91 Å². The highest BCUT2D eigenvalue weighted by Crippen LogP contribution is 2.43. The Bertz CT molecular complexity index is 1130. The van der Waals surface area contributed by atoms with Crippen molar-refractivity contribution in [1.29, 1.82) is 0 Å². The molecule has 0 spiro atoms. The van der Waals surface area contributed by atoms with Gasteiger partial charge in [-0.2, -0.15) is 0 Å². The molecule has 5 nitrogen and oxygen atoms in total. The minimum absolute atomic E-state index is 0.0135. The molecule has 0 saturated heterocycles. The first-order chi connectivity index (χ1) is 15.5. The molecule has 3 aromatic carbocycles. The zero-order valence-electron chi connectivity index (χ0n) is 18.7. The van der Waals surface area contributed by atoms with Crippen LogP contribution in [0, 0.1) is 0 Å². The molecular formula is C26H27ClN2O3. The second kappa shape index (κ2) is 9.13. The number of rotatable bonds is 5. The summed E-state index contributed by atoms with van der Waals surface area (Å²) < 4.78 is 10.7. The third-order valence-corrected chi connectivity index (χ3v) is 6.43. The Balaban J connectivity index is 1.73. The van der Waals surface area contributed by atoms with Crippen molar-refractivity contribution in [2.45, 2.75) is 25.4 Å². The predicted molar refractivity (Wildman–Crippen MR) is 129 cm³/mol. The van der Waals surface area contributed by atoms with E-state index in [9.17, 15) is 4.79 Å². The Morgan fingerprint density at radius 2 is 1.69 bits per heavy atom. The summed E-state index contributed by atoms with van der Waals surface area (Å²) in [6.07, 6.45) is 0.776. The lowest BCUT2D eigenvalue weighted by molar-refractivity contribution is 0.0973. The molecule has 1 aliphatic rings. The highest BCUT2D eigenvalue weighted by Gasteiger charge is 2.36. The number of halogens is 1. The van der Waals surface area contributed by atoms with Crippen LogP contribution < -0.4 is 19.3 Å². The van der Waals surface area contributed by atoms with E-state index in [2.05, 4.69) is 24.9 Å². The second-order valence-electron chi connectivity index (χ2n) is 7.97. The molecule has 1 heterocycles. The Morgan fingerprint density at radius 3 is 2.41 bits per heavy atom. The van der Waals surface area contributed by atoms with Crippen molar-refractivity contribution in [3.63, 3.8) is 0 Å². The molecule has 4 rings (SSSR count). The highest BCUT2D eigenvalue weighted by atomic mass is 35.5. The van der Waals surface area contributed by atoms with Crippen molar-refractivity contribution in [2.75, 3.05) is 31.1 Å². The third kappa shape index (κ3) is 3.89. The quantitative estimate of drug-likeness (QED) is 0.480. The van der Waals surface area contributed by atoms with E-state index in [1.54, 1.807) is 32.4 Å². The Morgan fingerprint density at radius 1 is 1.00 bits per heavy atom. The Kier molecular flexibility index (Phi) is 6.28. The number of carbonyl (C=O) groups excluding carboxylic acids is 1. The van der Waals surface area contributed by atoms with Crippen molar-refractivity contribution in [3.8, 4) is 11.5 Å². The van der Waals surface area contributed by atoms with Gasteiger partial charge in [-0.25, -0.2) is 0 Å². The van der Waals surface area contributed by atoms with Crippen LogP contribution in [0.1, 0.15) is 35.3 Å². The average Bonchev–Trinajstić information content (AvgIpc) is 2.82. The lowest BCUT2D eigenvalue weighted by atomic mass is 9.89. The van der Waals surface area contributed by atoms with E-state index in [0.29, 0.717) is 22.1 Å². The first-order valence-electron chi connectivity index (χ1n) is 10.6. The molecule has 0 radical (unpaired) electrons. The van der Waals surface area contributed by atoms with Gasteiger partial charge in [0.2, 0.25) is 0 Å². The van der Waals surface area contributed by atoms with E-state index in [1.165, 1.54) is 0 Å². The maximum Gasteiger partial charge on any atom is 0.258 e. The SMILES string of the molecule is COc1ccc(C(=O)N2c3ccccc3C(N(C)c3ccccc3Cl)CC2C)cc1OC. The lowest BCUT2D eigenvalue weighted by Crippen LogP contribution is -2.46. The topological polar surface area (TPSA) is 42.0 Å². The normalized spacial score (nSPS) is 17.5. The molecule has 32 heavy (non-hydrogen) atoms. The number of benzene rings is 3. The van der Waals surface area contributed by atoms with Crippen molar-refractivity contribution >= 4 is 28.9 Å². The van der Waals surface area contributed by atoms with Crippen LogP contribution in [0.5, 0.6) is 11.5 Å². The smallest absolute Gasteiger partial charge is 0.258 e. The molecule has 0 bridgehead atoms. The summed E-state index contributed by atoms with van der Waals surface area (Å²) in [4.78, 5) is 17.7. The fourth-order valence-electron chi connectivity index (χ4n) is 4.47. The fraction of sp³-hybridized carbons (Fsp3) is 0.269. The van der Waals surface area contributed by atoms with Gasteiger partial charge in [0.1, 0.15) is 0 Å². The molecule has 0 saturated carbocycles. The van der Waals surface area contributed by atoms with Crippen LogP contribution in [0.4, 0.5) is 11.4 Å². The van der Waals surface area contributed by atoms with Crippen LogP contribution in [0.3, 0.4) is 0 Å². The zero-order chi connectivity index (χ0) is 22.8. The summed E-state index contributed by atoms with van der Waals surface area (Å²) in [5, 5.41) is 0.712. The zero-order valence-corrected chi connectivity index (χ0v) is 19.5. The minimum atomic E-state index is -0.0650. The number of methoxy groups -OCH3 is 2. The predicted octanol–water partition coefficient (Wildman–Crippen LogP) is 5.97. The van der Waals surface area contributed by atoms with Gasteiger partial charge in [-0.1, -0.05) is 41.9 Å². The van der Waals surface area contributed by atoms with Crippen LogP contribution in [-0.4, -0.2) is 33.2 Å². The second-order valence-corrected chi connectivity index (χ2v) is 8.37. The number of hydrogen-bond acceptors (Lipinski definition) is 4. The van der Waals surface area contributed by atoms with Crippen molar-refractivity contribution in [2.24, 2.45) is 0 Å². The summed E-state index contributed by atoms with van der Waals surface area (Å²) in [5.41, 5.74) is 3.54. The number of nitrogens with zero attached hydrogens (tertiary/aromatic N) is 2. The number of hydrogen-bond donors (Lipinski definition) is 0. The van der Waals surface area contributed by atoms with Crippen LogP contribution in [0.2, 0.25) is 5.02 Å². The maximum absolute atomic E-state index is 13.6. The Labute approximate surface area is 194 Å². The van der Waals surface area contributed by atoms with Gasteiger partial charge in [0.05, 0.1) is 31.0 Å². The average molecular weight is 451 g/mol. The first-order valence-corrected chi connectivity index (χ1v) is 11.0. The van der Waals surface area contributed by atoms with Crippen LogP contribution in [0.15, 0.2) is 66.7 Å². The maximum atomic E-state index is 13.6. The van der Waals surface area contributed by atoms with Crippen molar-refractivity contribution in [1.82, 2.24) is 0 Å². The van der Waals surface area contributed by atoms with Crippen LogP contribution in [-0.2, 0) is 0 Å². The van der Waals surface area contributed by atoms with Gasteiger partial charge in [-0.3, -0.25) is 4.79 Å². The molecule has 166 valence electrons. The van der Waals surface area contributed by atoms with Crippen LogP contribution in [0.25, 0.3) is 0 Å². The molecule has 0 N–H and O–H groups in total. The minimum Gasteiger partial charge on any atom is -0.493 e. The number of anilines is 2. The van der Waals surface area contributed by atoms with E-state index in [1.807, 2.05) is 47.4 Å². The molecule has 0 aromatic heterocycles. The summed E-state index contributed by atoms with van der Waals surface area (Å²) in [6.45, 7) is 2.09. The van der Waals surface area contributed by atoms with E-state index in [4.69, 9.17) is 21.1 Å². The van der Waals surface area contributed by atoms with Gasteiger partial charge in [-0.05, 0) is 55.3 Å². The number of amides is 1. The first kappa shape index (κ1) is 22.0. The monoisotopic (exact) mass is 450 g/mol. The third-order valence-electron chi connectivity index (χ3n) is 6.11. The molecular weight excluding hydrogens is 424 g/mol. The van der Waals surface area contributed by atoms with Gasteiger partial charge >= 0.3 is 0 Å². The van der Waals surface area contributed by atoms with E-state index >= 15 is 0 Å². The summed E-state index contributed by atoms with van der Waals surface area (Å²) in [5.74, 6) is 1.06. The highest BCUT2D eigenvalue weighted by molar-refractivity contribution is 6.33. The number of para-hydroxylation sites is 2. The molecule has 1 amide bonds. The number of carbonyl (C=O) groups is 1. The molecule has 6 heteroatoms. The van der Waals surface area contributed by atoms with Gasteiger partial charge in [0, 0.05) is 24.3 Å². The summed E-state index contributed by atoms with van der Waals surface area (Å²) >= 11 is 6.49. The molecule has 2 unspecified atom stereocenters. The van der Waals surface area contributed by atoms with E-state index in [-0.39, 0.29) is 18.0 Å². The van der Waals surface area contributed by atoms with Gasteiger partial charge < -0.3 is 19.3 Å². The fourth-order valence-corrected chi connectivity index (χ4v) is 4.74. The van der Waals surface area contributed by atoms with Gasteiger partial charge in [-0.15, -0.1) is 0 Å². The molecule has 2 atom stereocenters. The van der Waals surface area contributed by atoms with Crippen LogP contribution >= 0.6 is 11.6 Å². The lowest BCUT2D eigenvalue weighted by Gasteiger charge is -2.43. The standard InChI is InChI=1S/C26H27ClN2O3/c1-17-15-23(28(2)22-12-8-6-10-20(22)27)19-9-5-7-11-21(19)29(17)26(30)18-13-14-24(31-3)25(16-18)32-4/h5-14,16-17,23H,15H2,1-4H3. The summed E-state index contributed by atoms with van der Waals surface area (Å²) in [6, 6.07) is 21.3. The van der Waals surface area contributed by atoms with E-state index < -0.39 is 0 Å². The molecule has 0 aliphatic carbocycles. The van der Waals surface area contributed by atoms with Crippen molar-refractivity contribution in [3.05, 3.63) is 82.9 Å². The number of ether oxygens (including phenoxy) is 2. The van der Waals surface area contributed by atoms with Crippen molar-refractivity contribution < 1.29 is 14.3 Å². The molecule has 0 fully saturated rings. The van der Waals surface area contributed by atoms with E-state index in [0.717, 1.165) is 23.4 Å². The molecule has 3 aromatic rings. The number of fused-ring (bicyclic) bond motifs is 1. The Hall–Kier alpha value is -3.18.